The minimum absolute atomic E-state index is 0.239. The number of fused-ring (bicyclic) bond motifs is 1. The third-order valence-electron chi connectivity index (χ3n) is 6.27. The van der Waals surface area contributed by atoms with E-state index in [1.54, 1.807) is 0 Å². The Bertz CT molecular complexity index is 334. The fourth-order valence-electron chi connectivity index (χ4n) is 4.98. The lowest BCUT2D eigenvalue weighted by molar-refractivity contribution is 0.00427. The summed E-state index contributed by atoms with van der Waals surface area (Å²) in [5, 5.41) is 0. The molecule has 3 heterocycles. The molecule has 0 aromatic rings. The van der Waals surface area contributed by atoms with Crippen LogP contribution in [0.3, 0.4) is 0 Å². The summed E-state index contributed by atoms with van der Waals surface area (Å²) in [6.07, 6.45) is 8.07. The summed E-state index contributed by atoms with van der Waals surface area (Å²) in [4.78, 5) is 7.90. The third-order valence-corrected chi connectivity index (χ3v) is 6.27. The van der Waals surface area contributed by atoms with Crippen LogP contribution < -0.4 is 5.73 Å². The highest BCUT2D eigenvalue weighted by Gasteiger charge is 2.51. The normalized spacial score (nSPS) is 40.2. The van der Waals surface area contributed by atoms with Crippen molar-refractivity contribution >= 4 is 0 Å². The summed E-state index contributed by atoms with van der Waals surface area (Å²) in [7, 11) is 4.62. The Hall–Kier alpha value is -0.160. The number of piperidine rings is 2. The van der Waals surface area contributed by atoms with Crippen LogP contribution in [0.1, 0.15) is 38.5 Å². The van der Waals surface area contributed by atoms with E-state index >= 15 is 0 Å². The Balaban J connectivity index is 1.77. The smallest absolute Gasteiger partial charge is 0.0499 e. The van der Waals surface area contributed by atoms with Crippen LogP contribution in [0.2, 0.25) is 0 Å². The largest absolute Gasteiger partial charge is 0.329 e. The lowest BCUT2D eigenvalue weighted by Gasteiger charge is -2.50. The predicted octanol–water partition coefficient (Wildman–Crippen LogP) is 0.968. The van der Waals surface area contributed by atoms with E-state index in [2.05, 4.69) is 28.8 Å². The van der Waals surface area contributed by atoms with Crippen molar-refractivity contribution in [3.05, 3.63) is 0 Å². The van der Waals surface area contributed by atoms with Crippen LogP contribution >= 0.6 is 0 Å². The van der Waals surface area contributed by atoms with Crippen LogP contribution in [-0.2, 0) is 0 Å². The van der Waals surface area contributed by atoms with Gasteiger partial charge in [0.2, 0.25) is 0 Å². The van der Waals surface area contributed by atoms with E-state index in [0.717, 1.165) is 6.54 Å². The molecule has 4 nitrogen and oxygen atoms in total. The van der Waals surface area contributed by atoms with Crippen molar-refractivity contribution in [2.45, 2.75) is 56.1 Å². The predicted molar refractivity (Wildman–Crippen MR) is 83.9 cm³/mol. The van der Waals surface area contributed by atoms with E-state index in [4.69, 9.17) is 5.73 Å². The summed E-state index contributed by atoms with van der Waals surface area (Å²) in [5.41, 5.74) is 6.58. The second kappa shape index (κ2) is 5.91. The molecule has 2 N–H and O–H groups in total. The van der Waals surface area contributed by atoms with Crippen molar-refractivity contribution in [3.8, 4) is 0 Å². The molecule has 20 heavy (non-hydrogen) atoms. The average Bonchev–Trinajstić information content (AvgIpc) is 2.86. The molecule has 0 aliphatic carbocycles. The van der Waals surface area contributed by atoms with Gasteiger partial charge in [-0.3, -0.25) is 9.80 Å². The van der Waals surface area contributed by atoms with Gasteiger partial charge in [0.1, 0.15) is 0 Å². The standard InChI is InChI=1S/C16H32N4/c1-18-9-5-6-14(12-18)19(2)16(13-17)8-11-20-10-4-3-7-15(16)20/h14-15H,3-13,17H2,1-2H3. The number of hydrogen-bond acceptors (Lipinski definition) is 4. The minimum atomic E-state index is 0.239. The molecule has 0 radical (unpaired) electrons. The second-order valence-electron chi connectivity index (χ2n) is 7.27. The van der Waals surface area contributed by atoms with E-state index < -0.39 is 0 Å². The van der Waals surface area contributed by atoms with Crippen LogP contribution in [0.5, 0.6) is 0 Å². The third kappa shape index (κ3) is 2.41. The number of likely N-dealkylation sites (N-methyl/N-ethyl adjacent to an activating group) is 2. The van der Waals surface area contributed by atoms with Gasteiger partial charge in [0, 0.05) is 37.3 Å². The van der Waals surface area contributed by atoms with Gasteiger partial charge in [0.25, 0.3) is 0 Å². The minimum Gasteiger partial charge on any atom is -0.329 e. The fourth-order valence-corrected chi connectivity index (χ4v) is 4.98. The highest BCUT2D eigenvalue weighted by atomic mass is 15.3. The number of hydrogen-bond donors (Lipinski definition) is 1. The van der Waals surface area contributed by atoms with Gasteiger partial charge in [-0.05, 0) is 59.3 Å². The molecule has 0 saturated carbocycles. The van der Waals surface area contributed by atoms with Gasteiger partial charge < -0.3 is 10.6 Å². The SMILES string of the molecule is CN1CCCC(N(C)C2(CN)CCN3CCCCC32)C1. The summed E-state index contributed by atoms with van der Waals surface area (Å²) in [6, 6.07) is 1.40. The molecule has 3 atom stereocenters. The van der Waals surface area contributed by atoms with Crippen molar-refractivity contribution in [1.82, 2.24) is 14.7 Å². The summed E-state index contributed by atoms with van der Waals surface area (Å²) in [6.45, 7) is 5.85. The van der Waals surface area contributed by atoms with Crippen LogP contribution in [0, 0.1) is 0 Å². The molecule has 3 unspecified atom stereocenters. The average molecular weight is 280 g/mol. The van der Waals surface area contributed by atoms with Gasteiger partial charge in [0.15, 0.2) is 0 Å². The molecule has 116 valence electrons. The molecule has 3 aliphatic heterocycles. The van der Waals surface area contributed by atoms with E-state index in [1.807, 2.05) is 0 Å². The van der Waals surface area contributed by atoms with Crippen LogP contribution in [0.4, 0.5) is 0 Å². The highest BCUT2D eigenvalue weighted by molar-refractivity contribution is 5.09. The molecule has 0 amide bonds. The molecule has 0 bridgehead atoms. The molecule has 3 aliphatic rings. The Morgan fingerprint density at radius 2 is 2.00 bits per heavy atom. The lowest BCUT2D eigenvalue weighted by Crippen LogP contribution is -2.64. The van der Waals surface area contributed by atoms with Crippen molar-refractivity contribution in [1.29, 1.82) is 0 Å². The van der Waals surface area contributed by atoms with Gasteiger partial charge in [-0.25, -0.2) is 0 Å². The zero-order valence-corrected chi connectivity index (χ0v) is 13.4. The molecule has 0 aromatic heterocycles. The molecule has 4 heteroatoms. The molecule has 3 rings (SSSR count). The maximum atomic E-state index is 6.34. The first-order valence-electron chi connectivity index (χ1n) is 8.53. The Morgan fingerprint density at radius 1 is 1.15 bits per heavy atom. The zero-order valence-electron chi connectivity index (χ0n) is 13.4. The van der Waals surface area contributed by atoms with E-state index in [9.17, 15) is 0 Å². The topological polar surface area (TPSA) is 35.7 Å². The maximum Gasteiger partial charge on any atom is 0.0499 e. The van der Waals surface area contributed by atoms with Gasteiger partial charge in [0.05, 0.1) is 0 Å². The van der Waals surface area contributed by atoms with Crippen molar-refractivity contribution in [2.24, 2.45) is 5.73 Å². The Labute approximate surface area is 124 Å². The van der Waals surface area contributed by atoms with E-state index in [0.29, 0.717) is 12.1 Å². The van der Waals surface area contributed by atoms with Gasteiger partial charge in [-0.1, -0.05) is 6.42 Å². The number of rotatable bonds is 3. The maximum absolute atomic E-state index is 6.34. The van der Waals surface area contributed by atoms with Crippen molar-refractivity contribution in [3.63, 3.8) is 0 Å². The Kier molecular flexibility index (Phi) is 4.37. The molecule has 3 fully saturated rings. The number of likely N-dealkylation sites (tertiary alicyclic amines) is 1. The number of nitrogens with zero attached hydrogens (tertiary/aromatic N) is 3. The van der Waals surface area contributed by atoms with Crippen LogP contribution in [-0.4, -0.2) is 79.1 Å². The van der Waals surface area contributed by atoms with E-state index in [1.165, 1.54) is 64.7 Å². The first kappa shape index (κ1) is 14.8. The summed E-state index contributed by atoms with van der Waals surface area (Å²) >= 11 is 0. The van der Waals surface area contributed by atoms with E-state index in [-0.39, 0.29) is 5.54 Å². The lowest BCUT2D eigenvalue weighted by atomic mass is 9.82. The molecular formula is C16H32N4. The first-order valence-corrected chi connectivity index (χ1v) is 8.53. The molecular weight excluding hydrogens is 248 g/mol. The van der Waals surface area contributed by atoms with Gasteiger partial charge in [-0.15, -0.1) is 0 Å². The highest BCUT2D eigenvalue weighted by Crippen LogP contribution is 2.39. The molecule has 0 spiro atoms. The molecule has 0 aromatic carbocycles. The van der Waals surface area contributed by atoms with Gasteiger partial charge >= 0.3 is 0 Å². The van der Waals surface area contributed by atoms with Crippen molar-refractivity contribution < 1.29 is 0 Å². The second-order valence-corrected chi connectivity index (χ2v) is 7.27. The van der Waals surface area contributed by atoms with Gasteiger partial charge in [-0.2, -0.15) is 0 Å². The Morgan fingerprint density at radius 3 is 2.75 bits per heavy atom. The van der Waals surface area contributed by atoms with Crippen LogP contribution in [0.15, 0.2) is 0 Å². The molecule has 3 saturated heterocycles. The fraction of sp³-hybridized carbons (Fsp3) is 1.00. The number of nitrogens with two attached hydrogens (primary N) is 1. The quantitative estimate of drug-likeness (QED) is 0.835. The summed E-state index contributed by atoms with van der Waals surface area (Å²) < 4.78 is 0. The first-order chi connectivity index (χ1) is 9.67. The summed E-state index contributed by atoms with van der Waals surface area (Å²) in [5.74, 6) is 0. The zero-order chi connectivity index (χ0) is 14.2. The van der Waals surface area contributed by atoms with Crippen LogP contribution in [0.25, 0.3) is 0 Å². The monoisotopic (exact) mass is 280 g/mol. The van der Waals surface area contributed by atoms with Crippen molar-refractivity contribution in [2.75, 3.05) is 46.8 Å².